The van der Waals surface area contributed by atoms with Crippen molar-refractivity contribution >= 4 is 39.8 Å². The monoisotopic (exact) mass is 321 g/mol. The number of benzene rings is 2. The van der Waals surface area contributed by atoms with Crippen molar-refractivity contribution in [2.45, 2.75) is 0 Å². The van der Waals surface area contributed by atoms with Crippen LogP contribution >= 0.6 is 11.8 Å². The van der Waals surface area contributed by atoms with E-state index >= 15 is 0 Å². The molecule has 0 saturated heterocycles. The number of aliphatic imine (C=N–C) groups is 1. The van der Waals surface area contributed by atoms with E-state index < -0.39 is 0 Å². The number of hydrogen-bond donors (Lipinski definition) is 1. The molecule has 1 amide bonds. The lowest BCUT2D eigenvalue weighted by Gasteiger charge is -1.99. The Morgan fingerprint density at radius 1 is 1.13 bits per heavy atom. The molecule has 5 nitrogen and oxygen atoms in total. The molecule has 2 aromatic carbocycles. The maximum absolute atomic E-state index is 11.3. The summed E-state index contributed by atoms with van der Waals surface area (Å²) >= 11 is 1.03. The second kappa shape index (κ2) is 5.40. The van der Waals surface area contributed by atoms with Gasteiger partial charge in [0, 0.05) is 5.56 Å². The predicted octanol–water partition coefficient (Wildman–Crippen LogP) is 4.06. The van der Waals surface area contributed by atoms with Crippen molar-refractivity contribution in [3.05, 3.63) is 59.0 Å². The molecule has 3 aromatic rings. The topological polar surface area (TPSA) is 81.5 Å². The van der Waals surface area contributed by atoms with Crippen LogP contribution in [0.15, 0.2) is 63.0 Å². The maximum Gasteiger partial charge on any atom is 0.311 e. The van der Waals surface area contributed by atoms with Crippen LogP contribution in [0.2, 0.25) is 0 Å². The maximum atomic E-state index is 11.3. The first-order valence-electron chi connectivity index (χ1n) is 6.93. The minimum atomic E-state index is -0.287. The van der Waals surface area contributed by atoms with Gasteiger partial charge in [0.15, 0.2) is 5.76 Å². The van der Waals surface area contributed by atoms with E-state index in [0.717, 1.165) is 39.6 Å². The van der Waals surface area contributed by atoms with E-state index in [0.29, 0.717) is 4.91 Å². The van der Waals surface area contributed by atoms with Gasteiger partial charge in [-0.3, -0.25) is 4.79 Å². The van der Waals surface area contributed by atoms with Gasteiger partial charge < -0.3 is 10.3 Å². The van der Waals surface area contributed by atoms with Gasteiger partial charge in [-0.25, -0.2) is 0 Å². The SMILES string of the molecule is NC1=NC(=O)S/C1=C\c1ccc2noc(-c3ccccc3)c2c1. The van der Waals surface area contributed by atoms with Crippen LogP contribution in [0, 0.1) is 0 Å². The van der Waals surface area contributed by atoms with Crippen molar-refractivity contribution in [2.24, 2.45) is 10.7 Å². The van der Waals surface area contributed by atoms with Crippen LogP contribution in [0.1, 0.15) is 5.56 Å². The van der Waals surface area contributed by atoms with Crippen LogP contribution in [0.3, 0.4) is 0 Å². The Balaban J connectivity index is 1.81. The summed E-state index contributed by atoms with van der Waals surface area (Å²) in [4.78, 5) is 15.7. The van der Waals surface area contributed by atoms with Crippen LogP contribution in [0.5, 0.6) is 0 Å². The summed E-state index contributed by atoms with van der Waals surface area (Å²) in [5.74, 6) is 0.978. The standard InChI is InChI=1S/C17H11N3O2S/c18-16-14(23-17(21)19-16)9-10-6-7-13-12(8-10)15(22-20-13)11-4-2-1-3-5-11/h1-9H,(H2,18,19,21)/b14-9-. The summed E-state index contributed by atoms with van der Waals surface area (Å²) in [6.07, 6.45) is 1.84. The van der Waals surface area contributed by atoms with Gasteiger partial charge in [-0.15, -0.1) is 0 Å². The zero-order valence-electron chi connectivity index (χ0n) is 11.9. The molecule has 2 heterocycles. The van der Waals surface area contributed by atoms with E-state index in [1.54, 1.807) is 0 Å². The van der Waals surface area contributed by atoms with Crippen molar-refractivity contribution in [2.75, 3.05) is 0 Å². The van der Waals surface area contributed by atoms with Gasteiger partial charge >= 0.3 is 5.24 Å². The van der Waals surface area contributed by atoms with E-state index in [4.69, 9.17) is 10.3 Å². The highest BCUT2D eigenvalue weighted by Crippen LogP contribution is 2.31. The molecule has 4 rings (SSSR count). The molecule has 2 N–H and O–H groups in total. The molecule has 0 spiro atoms. The molecule has 0 fully saturated rings. The second-order valence-corrected chi connectivity index (χ2v) is 6.02. The van der Waals surface area contributed by atoms with Crippen molar-refractivity contribution in [1.82, 2.24) is 5.16 Å². The fourth-order valence-electron chi connectivity index (χ4n) is 2.42. The second-order valence-electron chi connectivity index (χ2n) is 5.03. The molecule has 0 saturated carbocycles. The first-order valence-corrected chi connectivity index (χ1v) is 7.75. The van der Waals surface area contributed by atoms with Crippen molar-refractivity contribution in [1.29, 1.82) is 0 Å². The summed E-state index contributed by atoms with van der Waals surface area (Å²) in [7, 11) is 0. The molecule has 6 heteroatoms. The van der Waals surface area contributed by atoms with Crippen LogP contribution in [-0.2, 0) is 0 Å². The number of hydrogen-bond acceptors (Lipinski definition) is 5. The molecular formula is C17H11N3O2S. The van der Waals surface area contributed by atoms with Crippen LogP contribution < -0.4 is 5.73 Å². The molecule has 112 valence electrons. The number of aromatic nitrogens is 1. The number of amidine groups is 1. The van der Waals surface area contributed by atoms with Crippen LogP contribution in [0.25, 0.3) is 28.3 Å². The van der Waals surface area contributed by atoms with Gasteiger partial charge in [0.25, 0.3) is 0 Å². The summed E-state index contributed by atoms with van der Waals surface area (Å²) < 4.78 is 5.49. The highest BCUT2D eigenvalue weighted by atomic mass is 32.2. The number of thioether (sulfide) groups is 1. The highest BCUT2D eigenvalue weighted by molar-refractivity contribution is 8.18. The summed E-state index contributed by atoms with van der Waals surface area (Å²) in [6, 6.07) is 15.6. The lowest BCUT2D eigenvalue weighted by atomic mass is 10.1. The average molecular weight is 321 g/mol. The Kier molecular flexibility index (Phi) is 3.24. The zero-order valence-corrected chi connectivity index (χ0v) is 12.7. The number of carbonyl (C=O) groups is 1. The van der Waals surface area contributed by atoms with E-state index in [-0.39, 0.29) is 11.1 Å². The quantitative estimate of drug-likeness (QED) is 0.769. The fourth-order valence-corrected chi connectivity index (χ4v) is 3.10. The minimum Gasteiger partial charge on any atom is -0.383 e. The molecule has 1 aliphatic heterocycles. The van der Waals surface area contributed by atoms with Crippen molar-refractivity contribution in [3.8, 4) is 11.3 Å². The summed E-state index contributed by atoms with van der Waals surface area (Å²) in [6.45, 7) is 0. The Hall–Kier alpha value is -2.86. The van der Waals surface area contributed by atoms with E-state index in [2.05, 4.69) is 10.1 Å². The highest BCUT2D eigenvalue weighted by Gasteiger charge is 2.19. The Morgan fingerprint density at radius 3 is 2.70 bits per heavy atom. The van der Waals surface area contributed by atoms with E-state index in [9.17, 15) is 4.79 Å². The zero-order chi connectivity index (χ0) is 15.8. The molecule has 23 heavy (non-hydrogen) atoms. The first-order chi connectivity index (χ1) is 11.2. The normalized spacial score (nSPS) is 16.3. The smallest absolute Gasteiger partial charge is 0.311 e. The lowest BCUT2D eigenvalue weighted by molar-refractivity contribution is 0.268. The molecule has 0 bridgehead atoms. The van der Waals surface area contributed by atoms with Crippen LogP contribution in [0.4, 0.5) is 4.79 Å². The Labute approximate surface area is 135 Å². The number of carbonyl (C=O) groups excluding carboxylic acids is 1. The summed E-state index contributed by atoms with van der Waals surface area (Å²) in [5.41, 5.74) is 8.39. The third kappa shape index (κ3) is 2.53. The van der Waals surface area contributed by atoms with E-state index in [1.807, 2.05) is 54.6 Å². The fraction of sp³-hybridized carbons (Fsp3) is 0. The van der Waals surface area contributed by atoms with Gasteiger partial charge in [-0.1, -0.05) is 41.6 Å². The number of fused-ring (bicyclic) bond motifs is 1. The molecule has 0 radical (unpaired) electrons. The van der Waals surface area contributed by atoms with Gasteiger partial charge in [0.2, 0.25) is 0 Å². The first kappa shape index (κ1) is 13.8. The van der Waals surface area contributed by atoms with E-state index in [1.165, 1.54) is 0 Å². The Bertz CT molecular complexity index is 974. The van der Waals surface area contributed by atoms with Crippen molar-refractivity contribution < 1.29 is 9.32 Å². The molecule has 0 unspecified atom stereocenters. The Morgan fingerprint density at radius 2 is 1.96 bits per heavy atom. The lowest BCUT2D eigenvalue weighted by Crippen LogP contribution is -2.08. The minimum absolute atomic E-state index is 0.258. The molecule has 1 aliphatic rings. The van der Waals surface area contributed by atoms with Gasteiger partial charge in [-0.05, 0) is 35.5 Å². The number of nitrogens with two attached hydrogens (primary N) is 1. The van der Waals surface area contributed by atoms with Gasteiger partial charge in [-0.2, -0.15) is 4.99 Å². The summed E-state index contributed by atoms with van der Waals surface area (Å²) in [5, 5.41) is 4.72. The molecule has 0 atom stereocenters. The predicted molar refractivity (Wildman–Crippen MR) is 92.0 cm³/mol. The van der Waals surface area contributed by atoms with Crippen molar-refractivity contribution in [3.63, 3.8) is 0 Å². The largest absolute Gasteiger partial charge is 0.383 e. The van der Waals surface area contributed by atoms with Gasteiger partial charge in [0.05, 0.1) is 10.3 Å². The third-order valence-electron chi connectivity index (χ3n) is 3.50. The number of rotatable bonds is 2. The molecule has 0 aliphatic carbocycles. The third-order valence-corrected chi connectivity index (χ3v) is 4.31. The van der Waals surface area contributed by atoms with Gasteiger partial charge in [0.1, 0.15) is 11.4 Å². The number of amides is 1. The molecule has 1 aromatic heterocycles. The average Bonchev–Trinajstić information content (AvgIpc) is 3.11. The van der Waals surface area contributed by atoms with Crippen LogP contribution in [-0.4, -0.2) is 16.2 Å². The molecular weight excluding hydrogens is 310 g/mol. The number of nitrogens with zero attached hydrogens (tertiary/aromatic N) is 2.